The Kier molecular flexibility index (Phi) is 4.90. The summed E-state index contributed by atoms with van der Waals surface area (Å²) in [5.74, 6) is -0.259. The molecule has 0 unspecified atom stereocenters. The molecule has 0 aliphatic carbocycles. The number of carboxylic acids is 1. The van der Waals surface area contributed by atoms with E-state index in [1.54, 1.807) is 30.3 Å². The van der Waals surface area contributed by atoms with Crippen molar-refractivity contribution in [3.63, 3.8) is 0 Å². The first kappa shape index (κ1) is 16.9. The summed E-state index contributed by atoms with van der Waals surface area (Å²) in [4.78, 5) is 11.0. The largest absolute Gasteiger partial charge is 0.478 e. The highest BCUT2D eigenvalue weighted by Gasteiger charge is 2.09. The van der Waals surface area contributed by atoms with Gasteiger partial charge < -0.3 is 9.52 Å². The third-order valence-electron chi connectivity index (χ3n) is 3.38. The monoisotopic (exact) mass is 358 g/mol. The summed E-state index contributed by atoms with van der Waals surface area (Å²) < 4.78 is 18.6. The second-order valence-corrected chi connectivity index (χ2v) is 5.55. The number of rotatable bonds is 5. The molecule has 0 atom stereocenters. The third-order valence-corrected chi connectivity index (χ3v) is 3.71. The van der Waals surface area contributed by atoms with E-state index in [1.165, 1.54) is 24.3 Å². The van der Waals surface area contributed by atoms with Crippen LogP contribution in [0.15, 0.2) is 69.2 Å². The molecule has 2 aromatic carbocycles. The number of hydrogen-bond donors (Lipinski definition) is 1. The molecule has 5 nitrogen and oxygen atoms in total. The van der Waals surface area contributed by atoms with Gasteiger partial charge in [-0.15, -0.1) is 0 Å². The van der Waals surface area contributed by atoms with E-state index in [1.807, 2.05) is 0 Å². The first-order chi connectivity index (χ1) is 12.0. The van der Waals surface area contributed by atoms with Gasteiger partial charge in [0.1, 0.15) is 23.9 Å². The number of benzene rings is 2. The maximum Gasteiger partial charge on any atom is 0.337 e. The maximum atomic E-state index is 12.9. The van der Waals surface area contributed by atoms with Crippen molar-refractivity contribution in [1.82, 2.24) is 0 Å². The Morgan fingerprint density at radius 1 is 1.12 bits per heavy atom. The summed E-state index contributed by atoms with van der Waals surface area (Å²) in [6.45, 7) is 0.187. The number of nitrogens with zero attached hydrogens (tertiary/aromatic N) is 2. The molecule has 0 saturated heterocycles. The van der Waals surface area contributed by atoms with Gasteiger partial charge in [-0.25, -0.2) is 9.18 Å². The molecule has 0 saturated carbocycles. The number of carbonyl (C=O) groups is 1. The lowest BCUT2D eigenvalue weighted by Crippen LogP contribution is -1.96. The summed E-state index contributed by atoms with van der Waals surface area (Å²) >= 11 is 5.80. The molecule has 1 heterocycles. The second-order valence-electron chi connectivity index (χ2n) is 5.14. The first-order valence-electron chi connectivity index (χ1n) is 7.28. The maximum absolute atomic E-state index is 12.9. The molecule has 0 aliphatic heterocycles. The molecule has 3 aromatic rings. The Morgan fingerprint density at radius 3 is 2.60 bits per heavy atom. The zero-order valence-electron chi connectivity index (χ0n) is 12.8. The molecular weight excluding hydrogens is 347 g/mol. The van der Waals surface area contributed by atoms with Crippen LogP contribution in [0, 0.1) is 5.82 Å². The Labute approximate surface area is 147 Å². The molecule has 126 valence electrons. The standard InChI is InChI=1S/C18H12ClFN2O3/c19-16-7-5-13(9-15(16)18(23)24)22-21-10-14-6-8-17(25-14)11-1-3-12(20)4-2-11/h1-9H,10H2,(H,23,24). The van der Waals surface area contributed by atoms with Gasteiger partial charge in [0.15, 0.2) is 0 Å². The van der Waals surface area contributed by atoms with E-state index in [0.717, 1.165) is 5.56 Å². The zero-order chi connectivity index (χ0) is 17.8. The molecule has 0 amide bonds. The van der Waals surface area contributed by atoms with Crippen molar-refractivity contribution < 1.29 is 18.7 Å². The summed E-state index contributed by atoms with van der Waals surface area (Å²) in [5, 5.41) is 17.1. The number of furan rings is 1. The fraction of sp³-hybridized carbons (Fsp3) is 0.0556. The Balaban J connectivity index is 1.70. The molecule has 0 bridgehead atoms. The smallest absolute Gasteiger partial charge is 0.337 e. The van der Waals surface area contributed by atoms with Crippen LogP contribution >= 0.6 is 11.6 Å². The minimum Gasteiger partial charge on any atom is -0.478 e. The molecular formula is C18H12ClFN2O3. The van der Waals surface area contributed by atoms with Gasteiger partial charge in [-0.3, -0.25) is 0 Å². The Hall–Kier alpha value is -2.99. The second kappa shape index (κ2) is 7.27. The molecule has 3 rings (SSSR count). The van der Waals surface area contributed by atoms with Crippen molar-refractivity contribution in [3.05, 3.63) is 76.8 Å². The van der Waals surface area contributed by atoms with E-state index in [0.29, 0.717) is 17.2 Å². The van der Waals surface area contributed by atoms with Gasteiger partial charge in [-0.05, 0) is 54.6 Å². The van der Waals surface area contributed by atoms with Gasteiger partial charge in [0.25, 0.3) is 0 Å². The average Bonchev–Trinajstić information content (AvgIpc) is 3.05. The molecule has 0 radical (unpaired) electrons. The molecule has 7 heteroatoms. The summed E-state index contributed by atoms with van der Waals surface area (Å²) in [5.41, 5.74) is 1.11. The molecule has 0 fully saturated rings. The zero-order valence-corrected chi connectivity index (χ0v) is 13.6. The fourth-order valence-electron chi connectivity index (χ4n) is 2.16. The molecule has 0 aliphatic rings. The molecule has 25 heavy (non-hydrogen) atoms. The Bertz CT molecular complexity index is 936. The van der Waals surface area contributed by atoms with E-state index in [2.05, 4.69) is 10.2 Å². The summed E-state index contributed by atoms with van der Waals surface area (Å²) in [7, 11) is 0. The lowest BCUT2D eigenvalue weighted by molar-refractivity contribution is 0.0697. The third kappa shape index (κ3) is 4.10. The van der Waals surface area contributed by atoms with Crippen LogP contribution in [0.1, 0.15) is 16.1 Å². The van der Waals surface area contributed by atoms with E-state index < -0.39 is 5.97 Å². The van der Waals surface area contributed by atoms with Crippen LogP contribution in [0.5, 0.6) is 0 Å². The van der Waals surface area contributed by atoms with E-state index in [9.17, 15) is 9.18 Å². The number of carboxylic acid groups (broad SMARTS) is 1. The predicted molar refractivity (Wildman–Crippen MR) is 90.7 cm³/mol. The van der Waals surface area contributed by atoms with Crippen molar-refractivity contribution in [2.45, 2.75) is 6.54 Å². The van der Waals surface area contributed by atoms with Crippen LogP contribution in [0.2, 0.25) is 5.02 Å². The van der Waals surface area contributed by atoms with Crippen LogP contribution in [0.3, 0.4) is 0 Å². The number of aromatic carboxylic acids is 1. The lowest BCUT2D eigenvalue weighted by atomic mass is 10.2. The van der Waals surface area contributed by atoms with Crippen LogP contribution in [0.4, 0.5) is 10.1 Å². The van der Waals surface area contributed by atoms with Crippen molar-refractivity contribution in [2.24, 2.45) is 10.2 Å². The highest BCUT2D eigenvalue weighted by atomic mass is 35.5. The van der Waals surface area contributed by atoms with Gasteiger partial charge >= 0.3 is 5.97 Å². The van der Waals surface area contributed by atoms with E-state index in [-0.39, 0.29) is 22.9 Å². The lowest BCUT2D eigenvalue weighted by Gasteiger charge is -1.99. The minimum atomic E-state index is -1.13. The van der Waals surface area contributed by atoms with Crippen molar-refractivity contribution >= 4 is 23.3 Å². The summed E-state index contributed by atoms with van der Waals surface area (Å²) in [6, 6.07) is 13.9. The SMILES string of the molecule is O=C(O)c1cc(N=NCc2ccc(-c3ccc(F)cc3)o2)ccc1Cl. The van der Waals surface area contributed by atoms with Crippen molar-refractivity contribution in [2.75, 3.05) is 0 Å². The fourth-order valence-corrected chi connectivity index (χ4v) is 2.36. The summed E-state index contributed by atoms with van der Waals surface area (Å²) in [6.07, 6.45) is 0. The van der Waals surface area contributed by atoms with Gasteiger partial charge in [0.2, 0.25) is 0 Å². The van der Waals surface area contributed by atoms with Gasteiger partial charge in [0.05, 0.1) is 16.3 Å². The van der Waals surface area contributed by atoms with E-state index in [4.69, 9.17) is 21.1 Å². The normalized spacial score (nSPS) is 11.1. The topological polar surface area (TPSA) is 75.2 Å². The number of azo groups is 1. The van der Waals surface area contributed by atoms with Gasteiger partial charge in [0, 0.05) is 5.56 Å². The quantitative estimate of drug-likeness (QED) is 0.592. The van der Waals surface area contributed by atoms with Gasteiger partial charge in [-0.2, -0.15) is 10.2 Å². The van der Waals surface area contributed by atoms with Crippen LogP contribution in [-0.4, -0.2) is 11.1 Å². The predicted octanol–water partition coefficient (Wildman–Crippen LogP) is 5.72. The van der Waals surface area contributed by atoms with Crippen molar-refractivity contribution in [1.29, 1.82) is 0 Å². The van der Waals surface area contributed by atoms with Crippen LogP contribution < -0.4 is 0 Å². The van der Waals surface area contributed by atoms with E-state index >= 15 is 0 Å². The van der Waals surface area contributed by atoms with Crippen LogP contribution in [0.25, 0.3) is 11.3 Å². The molecule has 1 N–H and O–H groups in total. The minimum absolute atomic E-state index is 0.0327. The highest BCUT2D eigenvalue weighted by molar-refractivity contribution is 6.33. The first-order valence-corrected chi connectivity index (χ1v) is 7.66. The highest BCUT2D eigenvalue weighted by Crippen LogP contribution is 2.25. The molecule has 0 spiro atoms. The number of hydrogen-bond acceptors (Lipinski definition) is 4. The Morgan fingerprint density at radius 2 is 1.88 bits per heavy atom. The molecule has 1 aromatic heterocycles. The van der Waals surface area contributed by atoms with Crippen molar-refractivity contribution in [3.8, 4) is 11.3 Å². The van der Waals surface area contributed by atoms with Crippen LogP contribution in [-0.2, 0) is 6.54 Å². The van der Waals surface area contributed by atoms with Gasteiger partial charge in [-0.1, -0.05) is 11.6 Å². The number of halogens is 2. The average molecular weight is 359 g/mol.